The van der Waals surface area contributed by atoms with E-state index in [0.29, 0.717) is 23.0 Å². The highest BCUT2D eigenvalue weighted by molar-refractivity contribution is 9.10. The van der Waals surface area contributed by atoms with Gasteiger partial charge in [-0.3, -0.25) is 4.79 Å². The van der Waals surface area contributed by atoms with Gasteiger partial charge in [0.25, 0.3) is 5.91 Å². The monoisotopic (exact) mass is 389 g/mol. The van der Waals surface area contributed by atoms with Crippen molar-refractivity contribution in [3.05, 3.63) is 70.2 Å². The third-order valence-electron chi connectivity index (χ3n) is 3.43. The lowest BCUT2D eigenvalue weighted by Crippen LogP contribution is -2.25. The van der Waals surface area contributed by atoms with Crippen molar-refractivity contribution < 1.29 is 9.18 Å². The van der Waals surface area contributed by atoms with Crippen LogP contribution in [-0.4, -0.2) is 32.7 Å². The molecule has 0 spiro atoms. The molecule has 1 heterocycles. The number of carbonyl (C=O) groups excluding carboxylic acids is 1. The van der Waals surface area contributed by atoms with Crippen LogP contribution in [0.3, 0.4) is 0 Å². The van der Waals surface area contributed by atoms with Crippen LogP contribution in [0.4, 0.5) is 4.39 Å². The highest BCUT2D eigenvalue weighted by atomic mass is 79.9. The summed E-state index contributed by atoms with van der Waals surface area (Å²) in [4.78, 5) is 12.1. The third kappa shape index (κ3) is 3.83. The second-order valence-corrected chi connectivity index (χ2v) is 5.91. The number of tetrazole rings is 1. The lowest BCUT2D eigenvalue weighted by atomic mass is 10.1. The molecule has 0 saturated carbocycles. The summed E-state index contributed by atoms with van der Waals surface area (Å²) in [6.45, 7) is 0.464. The van der Waals surface area contributed by atoms with E-state index in [1.165, 1.54) is 17.1 Å². The van der Waals surface area contributed by atoms with Gasteiger partial charge in [0.1, 0.15) is 12.1 Å². The molecule has 0 radical (unpaired) electrons. The van der Waals surface area contributed by atoms with E-state index in [1.54, 1.807) is 36.4 Å². The van der Waals surface area contributed by atoms with Crippen molar-refractivity contribution in [1.29, 1.82) is 0 Å². The van der Waals surface area contributed by atoms with E-state index in [1.807, 2.05) is 0 Å². The van der Waals surface area contributed by atoms with Crippen molar-refractivity contribution in [2.45, 2.75) is 6.42 Å². The molecule has 1 N–H and O–H groups in total. The SMILES string of the molecule is O=C(NCCc1ccc(F)c(Br)c1)c1ccc(-n2cnnn2)cc1. The summed E-state index contributed by atoms with van der Waals surface area (Å²) >= 11 is 3.15. The van der Waals surface area contributed by atoms with E-state index >= 15 is 0 Å². The van der Waals surface area contributed by atoms with Crippen molar-refractivity contribution >= 4 is 21.8 Å². The average Bonchev–Trinajstić information content (AvgIpc) is 3.13. The van der Waals surface area contributed by atoms with E-state index in [2.05, 4.69) is 36.8 Å². The maximum absolute atomic E-state index is 13.2. The fourth-order valence-corrected chi connectivity index (χ4v) is 2.59. The summed E-state index contributed by atoms with van der Waals surface area (Å²) < 4.78 is 15.1. The topological polar surface area (TPSA) is 72.7 Å². The Morgan fingerprint density at radius 2 is 2.00 bits per heavy atom. The van der Waals surface area contributed by atoms with Crippen molar-refractivity contribution in [2.75, 3.05) is 6.54 Å². The summed E-state index contributed by atoms with van der Waals surface area (Å²) in [6.07, 6.45) is 2.10. The van der Waals surface area contributed by atoms with Crippen molar-refractivity contribution in [1.82, 2.24) is 25.5 Å². The molecule has 8 heteroatoms. The standard InChI is InChI=1S/C16H13BrFN5O/c17-14-9-11(1-6-15(14)18)7-8-19-16(24)12-2-4-13(5-3-12)23-10-20-21-22-23/h1-6,9-10H,7-8H2,(H,19,24). The second kappa shape index (κ2) is 7.31. The fraction of sp³-hybridized carbons (Fsp3) is 0.125. The molecule has 3 aromatic rings. The van der Waals surface area contributed by atoms with Crippen molar-refractivity contribution in [3.63, 3.8) is 0 Å². The van der Waals surface area contributed by atoms with Gasteiger partial charge in [-0.05, 0) is 74.7 Å². The molecule has 0 aliphatic rings. The van der Waals surface area contributed by atoms with Crippen LogP contribution in [0.1, 0.15) is 15.9 Å². The Kier molecular flexibility index (Phi) is 4.95. The number of hydrogen-bond donors (Lipinski definition) is 1. The number of hydrogen-bond acceptors (Lipinski definition) is 4. The summed E-state index contributed by atoms with van der Waals surface area (Å²) in [5.74, 6) is -0.468. The van der Waals surface area contributed by atoms with Gasteiger partial charge in [0.05, 0.1) is 10.2 Å². The molecule has 0 unspecified atom stereocenters. The largest absolute Gasteiger partial charge is 0.352 e. The van der Waals surface area contributed by atoms with Gasteiger partial charge in [0, 0.05) is 12.1 Å². The normalized spacial score (nSPS) is 10.6. The number of rotatable bonds is 5. The summed E-state index contributed by atoms with van der Waals surface area (Å²) in [6, 6.07) is 11.8. The molecule has 0 aliphatic carbocycles. The van der Waals surface area contributed by atoms with Crippen LogP contribution in [0.2, 0.25) is 0 Å². The summed E-state index contributed by atoms with van der Waals surface area (Å²) in [5, 5.41) is 13.7. The van der Waals surface area contributed by atoms with Gasteiger partial charge in [0.15, 0.2) is 0 Å². The zero-order valence-corrected chi connectivity index (χ0v) is 14.1. The minimum absolute atomic E-state index is 0.167. The van der Waals surface area contributed by atoms with Crippen LogP contribution < -0.4 is 5.32 Å². The zero-order valence-electron chi connectivity index (χ0n) is 12.5. The molecule has 0 atom stereocenters. The van der Waals surface area contributed by atoms with Gasteiger partial charge in [-0.2, -0.15) is 0 Å². The van der Waals surface area contributed by atoms with Crippen LogP contribution in [0.25, 0.3) is 5.69 Å². The molecule has 3 rings (SSSR count). The number of aromatic nitrogens is 4. The number of carbonyl (C=O) groups is 1. The second-order valence-electron chi connectivity index (χ2n) is 5.06. The maximum atomic E-state index is 13.2. The zero-order chi connectivity index (χ0) is 16.9. The molecule has 0 saturated heterocycles. The molecule has 2 aromatic carbocycles. The first kappa shape index (κ1) is 16.3. The number of nitrogens with zero attached hydrogens (tertiary/aromatic N) is 4. The van der Waals surface area contributed by atoms with Crippen molar-refractivity contribution in [3.8, 4) is 5.69 Å². The minimum Gasteiger partial charge on any atom is -0.352 e. The molecule has 122 valence electrons. The van der Waals surface area contributed by atoms with Crippen LogP contribution in [-0.2, 0) is 6.42 Å². The lowest BCUT2D eigenvalue weighted by Gasteiger charge is -2.07. The van der Waals surface area contributed by atoms with Gasteiger partial charge in [-0.1, -0.05) is 6.07 Å². The predicted octanol–water partition coefficient (Wildman–Crippen LogP) is 2.54. The van der Waals surface area contributed by atoms with Crippen molar-refractivity contribution in [2.24, 2.45) is 0 Å². The van der Waals surface area contributed by atoms with Gasteiger partial charge in [-0.25, -0.2) is 9.07 Å². The Labute approximate surface area is 145 Å². The minimum atomic E-state index is -0.301. The van der Waals surface area contributed by atoms with E-state index in [4.69, 9.17) is 0 Å². The first-order chi connectivity index (χ1) is 11.6. The Bertz CT molecular complexity index is 836. The summed E-state index contributed by atoms with van der Waals surface area (Å²) in [5.41, 5.74) is 2.26. The first-order valence-corrected chi connectivity index (χ1v) is 7.98. The molecule has 6 nitrogen and oxygen atoms in total. The number of nitrogens with one attached hydrogen (secondary N) is 1. The fourth-order valence-electron chi connectivity index (χ4n) is 2.16. The number of halogens is 2. The summed E-state index contributed by atoms with van der Waals surface area (Å²) in [7, 11) is 0. The van der Waals surface area contributed by atoms with Gasteiger partial charge in [-0.15, -0.1) is 5.10 Å². The maximum Gasteiger partial charge on any atom is 0.251 e. The molecule has 1 amide bonds. The van der Waals surface area contributed by atoms with E-state index in [9.17, 15) is 9.18 Å². The average molecular weight is 390 g/mol. The smallest absolute Gasteiger partial charge is 0.251 e. The van der Waals surface area contributed by atoms with E-state index < -0.39 is 0 Å². The van der Waals surface area contributed by atoms with E-state index in [0.717, 1.165) is 11.3 Å². The quantitative estimate of drug-likeness (QED) is 0.727. The van der Waals surface area contributed by atoms with Crippen LogP contribution in [0.15, 0.2) is 53.3 Å². The third-order valence-corrected chi connectivity index (χ3v) is 4.03. The molecular weight excluding hydrogens is 377 g/mol. The van der Waals surface area contributed by atoms with Gasteiger partial charge >= 0.3 is 0 Å². The molecule has 0 aliphatic heterocycles. The van der Waals surface area contributed by atoms with E-state index in [-0.39, 0.29) is 11.7 Å². The highest BCUT2D eigenvalue weighted by Gasteiger charge is 2.06. The van der Waals surface area contributed by atoms with Crippen LogP contribution in [0.5, 0.6) is 0 Å². The van der Waals surface area contributed by atoms with Crippen LogP contribution >= 0.6 is 15.9 Å². The van der Waals surface area contributed by atoms with Crippen LogP contribution in [0, 0.1) is 5.82 Å². The molecule has 0 bridgehead atoms. The molecular formula is C16H13BrFN5O. The Morgan fingerprint density at radius 1 is 1.21 bits per heavy atom. The van der Waals surface area contributed by atoms with Gasteiger partial charge in [0.2, 0.25) is 0 Å². The van der Waals surface area contributed by atoms with Gasteiger partial charge < -0.3 is 5.32 Å². The Hall–Kier alpha value is -2.61. The Morgan fingerprint density at radius 3 is 2.67 bits per heavy atom. The first-order valence-electron chi connectivity index (χ1n) is 7.19. The molecule has 24 heavy (non-hydrogen) atoms. The highest BCUT2D eigenvalue weighted by Crippen LogP contribution is 2.17. The lowest BCUT2D eigenvalue weighted by molar-refractivity contribution is 0.0954. The Balaban J connectivity index is 1.56. The number of amides is 1. The molecule has 0 fully saturated rings. The molecule has 1 aromatic heterocycles. The number of benzene rings is 2. The predicted molar refractivity (Wildman–Crippen MR) is 89.3 cm³/mol.